The summed E-state index contributed by atoms with van der Waals surface area (Å²) in [4.78, 5) is 3.65. The maximum Gasteiger partial charge on any atom is 0.0551 e. The SMILES string of the molecule is C=Cc1c(/C=C\C)[nH]c2c3ccccc3c3sc4ccccc4c3c12.CBr.CC. The minimum atomic E-state index is 1.13. The lowest BCUT2D eigenvalue weighted by atomic mass is 9.99. The zero-order chi connectivity index (χ0) is 21.0. The van der Waals surface area contributed by atoms with Crippen LogP contribution in [0.15, 0.2) is 61.2 Å². The summed E-state index contributed by atoms with van der Waals surface area (Å²) in [6.07, 6.45) is 6.18. The van der Waals surface area contributed by atoms with Crippen LogP contribution in [0.5, 0.6) is 0 Å². The van der Waals surface area contributed by atoms with Crippen LogP contribution in [0.4, 0.5) is 0 Å². The second-order valence-electron chi connectivity index (χ2n) is 6.25. The van der Waals surface area contributed by atoms with E-state index >= 15 is 0 Å². The molecule has 3 aromatic carbocycles. The molecule has 0 saturated carbocycles. The molecule has 3 heteroatoms. The van der Waals surface area contributed by atoms with E-state index in [0.29, 0.717) is 0 Å². The van der Waals surface area contributed by atoms with Gasteiger partial charge in [-0.15, -0.1) is 11.3 Å². The van der Waals surface area contributed by atoms with Gasteiger partial charge < -0.3 is 4.98 Å². The van der Waals surface area contributed by atoms with E-state index in [1.165, 1.54) is 47.4 Å². The molecule has 0 spiro atoms. The summed E-state index contributed by atoms with van der Waals surface area (Å²) in [6.45, 7) is 10.1. The Bertz CT molecular complexity index is 1320. The van der Waals surface area contributed by atoms with Crippen molar-refractivity contribution in [3.05, 3.63) is 72.4 Å². The van der Waals surface area contributed by atoms with Gasteiger partial charge in [0.15, 0.2) is 0 Å². The second-order valence-corrected chi connectivity index (χ2v) is 7.31. The Balaban J connectivity index is 0.000000568. The van der Waals surface area contributed by atoms with Gasteiger partial charge >= 0.3 is 0 Å². The summed E-state index contributed by atoms with van der Waals surface area (Å²) >= 11 is 4.82. The minimum Gasteiger partial charge on any atom is -0.354 e. The molecule has 0 unspecified atom stereocenters. The third kappa shape index (κ3) is 3.43. The Hall–Kier alpha value is -2.36. The molecule has 0 radical (unpaired) electrons. The third-order valence-electron chi connectivity index (χ3n) is 4.89. The number of hydrogen-bond donors (Lipinski definition) is 1. The number of thiophene rings is 1. The van der Waals surface area contributed by atoms with Crippen molar-refractivity contribution in [1.82, 2.24) is 4.98 Å². The minimum absolute atomic E-state index is 1.13. The van der Waals surface area contributed by atoms with E-state index < -0.39 is 0 Å². The number of allylic oxidation sites excluding steroid dienone is 1. The molecule has 0 aliphatic rings. The first-order chi connectivity index (χ1) is 14.3. The molecule has 2 aromatic heterocycles. The Labute approximate surface area is 184 Å². The van der Waals surface area contributed by atoms with E-state index in [0.717, 1.165) is 5.69 Å². The van der Waals surface area contributed by atoms with Crippen molar-refractivity contribution in [2.45, 2.75) is 20.8 Å². The highest BCUT2D eigenvalue weighted by Gasteiger charge is 2.18. The zero-order valence-electron chi connectivity index (χ0n) is 17.3. The number of hydrogen-bond acceptors (Lipinski definition) is 1. The summed E-state index contributed by atoms with van der Waals surface area (Å²) < 4.78 is 2.69. The summed E-state index contributed by atoms with van der Waals surface area (Å²) in [5.74, 6) is 1.81. The maximum absolute atomic E-state index is 4.10. The average Bonchev–Trinajstić information content (AvgIpc) is 3.35. The van der Waals surface area contributed by atoms with E-state index in [2.05, 4.69) is 88.2 Å². The first-order valence-corrected chi connectivity index (χ1v) is 12.2. The van der Waals surface area contributed by atoms with Crippen molar-refractivity contribution >= 4 is 81.3 Å². The van der Waals surface area contributed by atoms with Gasteiger partial charge in [0.2, 0.25) is 0 Å². The topological polar surface area (TPSA) is 15.8 Å². The molecular weight excluding hydrogens is 438 g/mol. The molecule has 0 bridgehead atoms. The second kappa shape index (κ2) is 9.43. The fraction of sp³-hybridized carbons (Fsp3) is 0.154. The Kier molecular flexibility index (Phi) is 6.94. The number of nitrogens with one attached hydrogen (secondary N) is 1. The van der Waals surface area contributed by atoms with Crippen LogP contribution in [-0.2, 0) is 0 Å². The van der Waals surface area contributed by atoms with Gasteiger partial charge in [-0.3, -0.25) is 0 Å². The molecule has 0 amide bonds. The number of aromatic nitrogens is 1. The molecule has 1 nitrogen and oxygen atoms in total. The molecule has 2 heterocycles. The van der Waals surface area contributed by atoms with Crippen LogP contribution < -0.4 is 0 Å². The predicted molar refractivity (Wildman–Crippen MR) is 140 cm³/mol. The van der Waals surface area contributed by atoms with Crippen LogP contribution in [0.2, 0.25) is 0 Å². The molecule has 0 fully saturated rings. The average molecular weight is 464 g/mol. The molecule has 0 aliphatic carbocycles. The van der Waals surface area contributed by atoms with Gasteiger partial charge in [0.1, 0.15) is 0 Å². The van der Waals surface area contributed by atoms with E-state index in [-0.39, 0.29) is 0 Å². The van der Waals surface area contributed by atoms with E-state index in [9.17, 15) is 0 Å². The number of rotatable bonds is 2. The van der Waals surface area contributed by atoms with Gasteiger partial charge in [0.25, 0.3) is 0 Å². The van der Waals surface area contributed by atoms with Gasteiger partial charge in [-0.1, -0.05) is 91.0 Å². The van der Waals surface area contributed by atoms with E-state index in [1.54, 1.807) is 0 Å². The monoisotopic (exact) mass is 463 g/mol. The molecule has 148 valence electrons. The summed E-state index contributed by atoms with van der Waals surface area (Å²) in [5.41, 5.74) is 3.52. The highest BCUT2D eigenvalue weighted by atomic mass is 79.9. The Morgan fingerprint density at radius 3 is 2.17 bits per heavy atom. The molecule has 0 aliphatic heterocycles. The van der Waals surface area contributed by atoms with Crippen molar-refractivity contribution in [2.24, 2.45) is 0 Å². The van der Waals surface area contributed by atoms with Gasteiger partial charge in [-0.05, 0) is 24.9 Å². The number of benzene rings is 3. The third-order valence-corrected chi connectivity index (χ3v) is 6.10. The molecule has 0 saturated heterocycles. The Morgan fingerprint density at radius 1 is 0.897 bits per heavy atom. The summed E-state index contributed by atoms with van der Waals surface area (Å²) in [7, 11) is 0. The van der Waals surface area contributed by atoms with Crippen LogP contribution in [0, 0.1) is 0 Å². The summed E-state index contributed by atoms with van der Waals surface area (Å²) in [6, 6.07) is 17.4. The molecular formula is C26H26BrNS. The van der Waals surface area contributed by atoms with E-state index in [1.807, 2.05) is 44.0 Å². The van der Waals surface area contributed by atoms with Crippen molar-refractivity contribution in [2.75, 3.05) is 5.83 Å². The fourth-order valence-corrected chi connectivity index (χ4v) is 5.14. The van der Waals surface area contributed by atoms with Gasteiger partial charge in [-0.25, -0.2) is 0 Å². The molecule has 5 aromatic rings. The number of H-pyrrole nitrogens is 1. The normalized spacial score (nSPS) is 10.9. The standard InChI is InChI=1S/C23H17NS.C2H6.CH3Br/c1-3-9-18-14(4-2)20-21-17-12-7-8-13-19(17)25-23(21)16-11-6-5-10-15(16)22(20)24-18;2*1-2/h3-13,24H,2H2,1H3;1-2H3;1H3/b9-3-;;. The van der Waals surface area contributed by atoms with Crippen LogP contribution >= 0.6 is 27.3 Å². The van der Waals surface area contributed by atoms with Crippen molar-refractivity contribution < 1.29 is 0 Å². The number of alkyl halides is 1. The van der Waals surface area contributed by atoms with Gasteiger partial charge in [-0.2, -0.15) is 0 Å². The first kappa shape index (κ1) is 21.4. The molecule has 0 atom stereocenters. The highest BCUT2D eigenvalue weighted by Crippen LogP contribution is 2.45. The Morgan fingerprint density at radius 2 is 1.52 bits per heavy atom. The van der Waals surface area contributed by atoms with Crippen LogP contribution in [0.25, 0.3) is 54.0 Å². The maximum atomic E-state index is 4.10. The van der Waals surface area contributed by atoms with E-state index in [4.69, 9.17) is 0 Å². The number of fused-ring (bicyclic) bond motifs is 8. The number of halogens is 1. The lowest BCUT2D eigenvalue weighted by molar-refractivity contribution is 1.43. The largest absolute Gasteiger partial charge is 0.354 e. The first-order valence-electron chi connectivity index (χ1n) is 9.84. The van der Waals surface area contributed by atoms with Crippen LogP contribution in [-0.4, -0.2) is 10.8 Å². The lowest BCUT2D eigenvalue weighted by Gasteiger charge is -2.04. The van der Waals surface area contributed by atoms with Gasteiger partial charge in [0, 0.05) is 47.6 Å². The lowest BCUT2D eigenvalue weighted by Crippen LogP contribution is -1.78. The fourth-order valence-electron chi connectivity index (χ4n) is 3.89. The van der Waals surface area contributed by atoms with Crippen molar-refractivity contribution in [3.8, 4) is 0 Å². The van der Waals surface area contributed by atoms with Crippen LogP contribution in [0.1, 0.15) is 32.0 Å². The summed E-state index contributed by atoms with van der Waals surface area (Å²) in [5, 5.41) is 6.54. The number of aromatic amines is 1. The molecule has 5 rings (SSSR count). The molecule has 1 N–H and O–H groups in total. The molecule has 29 heavy (non-hydrogen) atoms. The predicted octanol–water partition coefficient (Wildman–Crippen LogP) is 9.40. The zero-order valence-corrected chi connectivity index (χ0v) is 19.7. The van der Waals surface area contributed by atoms with Gasteiger partial charge in [0.05, 0.1) is 5.52 Å². The highest BCUT2D eigenvalue weighted by molar-refractivity contribution is 9.08. The van der Waals surface area contributed by atoms with Crippen molar-refractivity contribution in [1.29, 1.82) is 0 Å². The van der Waals surface area contributed by atoms with Crippen molar-refractivity contribution in [3.63, 3.8) is 0 Å². The quantitative estimate of drug-likeness (QED) is 0.251. The smallest absolute Gasteiger partial charge is 0.0551 e. The van der Waals surface area contributed by atoms with Crippen LogP contribution in [0.3, 0.4) is 0 Å².